The topological polar surface area (TPSA) is 159 Å². The van der Waals surface area contributed by atoms with Gasteiger partial charge < -0.3 is 34.6 Å². The Morgan fingerprint density at radius 1 is 1.19 bits per heavy atom. The Morgan fingerprint density at radius 3 is 2.62 bits per heavy atom. The predicted molar refractivity (Wildman–Crippen MR) is 157 cm³/mol. The summed E-state index contributed by atoms with van der Waals surface area (Å²) in [6.45, 7) is 10.1. The molecule has 0 radical (unpaired) electrons. The molecule has 3 aliphatic rings. The summed E-state index contributed by atoms with van der Waals surface area (Å²) in [7, 11) is 0. The first-order valence-electron chi connectivity index (χ1n) is 14.7. The molecular formula is C31H41N3O8. The molecular weight excluding hydrogens is 542 g/mol. The van der Waals surface area contributed by atoms with Gasteiger partial charge in [-0.1, -0.05) is 20.3 Å². The van der Waals surface area contributed by atoms with Crippen molar-refractivity contribution in [3.05, 3.63) is 55.9 Å². The highest BCUT2D eigenvalue weighted by molar-refractivity contribution is 5.94. The molecule has 5 heterocycles. The second-order valence-electron chi connectivity index (χ2n) is 12.1. The second-order valence-corrected chi connectivity index (χ2v) is 12.1. The van der Waals surface area contributed by atoms with Gasteiger partial charge in [-0.05, 0) is 64.5 Å². The average Bonchev–Trinajstić information content (AvgIpc) is 3.40. The van der Waals surface area contributed by atoms with Crippen LogP contribution in [0.1, 0.15) is 89.3 Å². The number of nitrogens with zero attached hydrogens (tertiary/aromatic N) is 2. The van der Waals surface area contributed by atoms with Gasteiger partial charge >= 0.3 is 11.3 Å². The molecule has 6 rings (SSSR count). The van der Waals surface area contributed by atoms with Gasteiger partial charge in [-0.2, -0.15) is 4.98 Å². The fraction of sp³-hybridized carbons (Fsp3) is 0.581. The van der Waals surface area contributed by atoms with Crippen LogP contribution in [0.15, 0.2) is 32.3 Å². The molecule has 11 heteroatoms. The van der Waals surface area contributed by atoms with Crippen LogP contribution in [0.3, 0.4) is 0 Å². The first kappa shape index (κ1) is 30.1. The van der Waals surface area contributed by atoms with E-state index in [1.54, 1.807) is 18.3 Å². The molecule has 42 heavy (non-hydrogen) atoms. The highest BCUT2D eigenvalue weighted by Crippen LogP contribution is 2.52. The maximum absolute atomic E-state index is 12.3. The van der Waals surface area contributed by atoms with E-state index in [-0.39, 0.29) is 42.4 Å². The molecule has 0 aliphatic carbocycles. The number of hydrogen-bond donors (Lipinski definition) is 3. The van der Waals surface area contributed by atoms with Crippen LogP contribution in [0.5, 0.6) is 11.5 Å². The zero-order chi connectivity index (χ0) is 30.3. The summed E-state index contributed by atoms with van der Waals surface area (Å²) in [6.07, 6.45) is 4.95. The molecule has 1 aromatic carbocycles. The van der Waals surface area contributed by atoms with Crippen LogP contribution >= 0.6 is 0 Å². The summed E-state index contributed by atoms with van der Waals surface area (Å²) in [6, 6.07) is 3.11. The van der Waals surface area contributed by atoms with E-state index in [0.29, 0.717) is 23.3 Å². The molecule has 1 fully saturated rings. The number of aliphatic hydroxyl groups excluding tert-OH is 2. The summed E-state index contributed by atoms with van der Waals surface area (Å²) >= 11 is 0. The Kier molecular flexibility index (Phi) is 8.37. The smallest absolute Gasteiger partial charge is 0.351 e. The zero-order valence-corrected chi connectivity index (χ0v) is 24.9. The SMILES string of the molecule is CCCc1cc(=O)oc2c3c(c4c(c12)OC(C)(C)CC4)O[C@@H](C)[C@H](C)[C@@H]3O.Nc1ccn([C@H]2CC[C@@H](CO)O2)c(=O)n1. The van der Waals surface area contributed by atoms with Crippen molar-refractivity contribution in [1.82, 2.24) is 9.55 Å². The van der Waals surface area contributed by atoms with Crippen molar-refractivity contribution in [1.29, 1.82) is 0 Å². The molecule has 2 aromatic heterocycles. The van der Waals surface area contributed by atoms with Crippen LogP contribution in [0, 0.1) is 5.92 Å². The normalized spacial score (nSPS) is 25.9. The predicted octanol–water partition coefficient (Wildman–Crippen LogP) is 3.79. The van der Waals surface area contributed by atoms with Crippen LogP contribution < -0.4 is 26.5 Å². The molecule has 0 unspecified atom stereocenters. The Bertz CT molecular complexity index is 1580. The third kappa shape index (κ3) is 5.65. The summed E-state index contributed by atoms with van der Waals surface area (Å²) in [4.78, 5) is 27.3. The molecule has 0 spiro atoms. The summed E-state index contributed by atoms with van der Waals surface area (Å²) in [5.74, 6) is 1.50. The first-order chi connectivity index (χ1) is 19.9. The van der Waals surface area contributed by atoms with E-state index in [9.17, 15) is 14.7 Å². The lowest BCUT2D eigenvalue weighted by molar-refractivity contribution is -0.0245. The number of aliphatic hydroxyl groups is 2. The van der Waals surface area contributed by atoms with Gasteiger partial charge in [0.25, 0.3) is 0 Å². The quantitative estimate of drug-likeness (QED) is 0.386. The summed E-state index contributed by atoms with van der Waals surface area (Å²) in [5, 5.41) is 20.7. The molecule has 0 amide bonds. The molecule has 228 valence electrons. The lowest BCUT2D eigenvalue weighted by Gasteiger charge is -2.39. The van der Waals surface area contributed by atoms with Crippen molar-refractivity contribution in [3.63, 3.8) is 0 Å². The highest BCUT2D eigenvalue weighted by Gasteiger charge is 2.41. The number of hydrogen-bond acceptors (Lipinski definition) is 10. The number of ether oxygens (including phenoxy) is 3. The van der Waals surface area contributed by atoms with Crippen LogP contribution in [0.4, 0.5) is 5.82 Å². The van der Waals surface area contributed by atoms with Crippen molar-refractivity contribution in [2.75, 3.05) is 12.3 Å². The molecule has 3 aliphatic heterocycles. The van der Waals surface area contributed by atoms with Crippen molar-refractivity contribution in [3.8, 4) is 11.5 Å². The number of aromatic nitrogens is 2. The van der Waals surface area contributed by atoms with Crippen LogP contribution in [-0.2, 0) is 17.6 Å². The Balaban J connectivity index is 0.000000199. The van der Waals surface area contributed by atoms with E-state index in [1.807, 2.05) is 13.8 Å². The van der Waals surface area contributed by atoms with Gasteiger partial charge in [0.15, 0.2) is 5.58 Å². The number of anilines is 1. The van der Waals surface area contributed by atoms with Gasteiger partial charge in [0.05, 0.1) is 29.8 Å². The molecule has 0 bridgehead atoms. The monoisotopic (exact) mass is 583 g/mol. The minimum absolute atomic E-state index is 0.0202. The van der Waals surface area contributed by atoms with E-state index < -0.39 is 17.4 Å². The molecule has 3 aromatic rings. The van der Waals surface area contributed by atoms with Crippen molar-refractivity contribution in [2.24, 2.45) is 5.92 Å². The number of aryl methyl sites for hydroxylation is 1. The van der Waals surface area contributed by atoms with Crippen LogP contribution in [0.2, 0.25) is 0 Å². The minimum atomic E-state index is -0.744. The number of fused-ring (bicyclic) bond motifs is 6. The van der Waals surface area contributed by atoms with Crippen LogP contribution in [-0.4, -0.2) is 44.2 Å². The number of rotatable bonds is 4. The van der Waals surface area contributed by atoms with E-state index in [4.69, 9.17) is 29.5 Å². The first-order valence-corrected chi connectivity index (χ1v) is 14.7. The fourth-order valence-corrected chi connectivity index (χ4v) is 5.95. The van der Waals surface area contributed by atoms with E-state index in [2.05, 4.69) is 25.8 Å². The lowest BCUT2D eigenvalue weighted by atomic mass is 9.83. The van der Waals surface area contributed by atoms with E-state index in [1.165, 1.54) is 4.57 Å². The van der Waals surface area contributed by atoms with Crippen molar-refractivity contribution in [2.45, 2.75) is 103 Å². The molecule has 5 atom stereocenters. The minimum Gasteiger partial charge on any atom is -0.489 e. The molecule has 1 saturated heterocycles. The lowest BCUT2D eigenvalue weighted by Crippen LogP contribution is -2.36. The van der Waals surface area contributed by atoms with Gasteiger partial charge in [0.2, 0.25) is 0 Å². The maximum Gasteiger partial charge on any atom is 0.351 e. The molecule has 4 N–H and O–H groups in total. The van der Waals surface area contributed by atoms with Crippen molar-refractivity contribution >= 4 is 16.8 Å². The second kappa shape index (κ2) is 11.7. The maximum atomic E-state index is 12.3. The third-order valence-electron chi connectivity index (χ3n) is 8.47. The average molecular weight is 584 g/mol. The van der Waals surface area contributed by atoms with Gasteiger partial charge in [-0.3, -0.25) is 4.57 Å². The summed E-state index contributed by atoms with van der Waals surface area (Å²) in [5.41, 5.74) is 7.18. The standard InChI is InChI=1S/C22H28O5.C9H13N3O3/c1-6-7-13-10-15(23)26-21-16(13)20-14(8-9-22(4,5)27-20)19-17(21)18(24)11(2)12(3)25-19;10-7-3-4-12(9(14)11-7)8-2-1-6(5-13)15-8/h10-12,18,24H,6-9H2,1-5H3;3-4,6,8,13H,1-2,5H2,(H2,10,11,14)/t11-,12-,18-;6-,8+/m00/s1. The number of nitrogens with two attached hydrogens (primary N) is 1. The Morgan fingerprint density at radius 2 is 1.95 bits per heavy atom. The Hall–Kier alpha value is -3.41. The van der Waals surface area contributed by atoms with Crippen LogP contribution in [0.25, 0.3) is 11.0 Å². The number of nitrogen functional groups attached to an aromatic ring is 1. The Labute approximate surface area is 244 Å². The van der Waals surface area contributed by atoms with E-state index >= 15 is 0 Å². The zero-order valence-electron chi connectivity index (χ0n) is 24.9. The van der Waals surface area contributed by atoms with Gasteiger partial charge in [0.1, 0.15) is 35.2 Å². The van der Waals surface area contributed by atoms with Crippen molar-refractivity contribution < 1.29 is 28.8 Å². The molecule has 0 saturated carbocycles. The van der Waals surface area contributed by atoms with Gasteiger partial charge in [-0.15, -0.1) is 0 Å². The fourth-order valence-electron chi connectivity index (χ4n) is 5.95. The van der Waals surface area contributed by atoms with Gasteiger partial charge in [0, 0.05) is 23.7 Å². The largest absolute Gasteiger partial charge is 0.489 e. The number of benzene rings is 1. The molecule has 11 nitrogen and oxygen atoms in total. The summed E-state index contributed by atoms with van der Waals surface area (Å²) < 4.78 is 25.1. The van der Waals surface area contributed by atoms with Gasteiger partial charge in [-0.25, -0.2) is 9.59 Å². The highest BCUT2D eigenvalue weighted by atomic mass is 16.5. The van der Waals surface area contributed by atoms with E-state index in [0.717, 1.165) is 54.4 Å². The third-order valence-corrected chi connectivity index (χ3v) is 8.47.